The van der Waals surface area contributed by atoms with Gasteiger partial charge in [-0.2, -0.15) is 0 Å². The first-order valence-corrected chi connectivity index (χ1v) is 20.0. The minimum Gasteiger partial charge on any atom is -0.392 e. The maximum atomic E-state index is 14.1. The van der Waals surface area contributed by atoms with Crippen molar-refractivity contribution in [1.29, 1.82) is 0 Å². The summed E-state index contributed by atoms with van der Waals surface area (Å²) in [6.45, 7) is 17.0. The van der Waals surface area contributed by atoms with Gasteiger partial charge in [0.2, 0.25) is 35.4 Å². The van der Waals surface area contributed by atoms with E-state index in [9.17, 15) is 33.9 Å². The second kappa shape index (κ2) is 19.7. The molecule has 6 amide bonds. The van der Waals surface area contributed by atoms with Crippen LogP contribution in [0.2, 0.25) is 0 Å². The number of nitrogens with zero attached hydrogens (tertiary/aromatic N) is 3. The van der Waals surface area contributed by atoms with E-state index >= 15 is 0 Å². The number of hydrogen-bond acceptors (Lipinski definition) is 7. The first kappa shape index (κ1) is 43.2. The van der Waals surface area contributed by atoms with E-state index in [2.05, 4.69) is 24.5 Å². The fraction of sp³-hybridized carbons (Fsp3) is 0.846. The van der Waals surface area contributed by atoms with Crippen molar-refractivity contribution in [3.8, 4) is 0 Å². The van der Waals surface area contributed by atoms with Gasteiger partial charge >= 0.3 is 0 Å². The van der Waals surface area contributed by atoms with Crippen molar-refractivity contribution >= 4 is 35.4 Å². The molecule has 13 nitrogen and oxygen atoms in total. The third-order valence-electron chi connectivity index (χ3n) is 11.4. The summed E-state index contributed by atoms with van der Waals surface area (Å²) in [5.41, 5.74) is 5.57. The van der Waals surface area contributed by atoms with Gasteiger partial charge in [-0.1, -0.05) is 61.8 Å². The van der Waals surface area contributed by atoms with Crippen LogP contribution >= 0.6 is 0 Å². The number of aliphatic hydroxyl groups excluding tert-OH is 1. The van der Waals surface area contributed by atoms with E-state index in [-0.39, 0.29) is 47.9 Å². The molecule has 0 radical (unpaired) electrons. The van der Waals surface area contributed by atoms with Crippen molar-refractivity contribution in [2.45, 2.75) is 162 Å². The minimum atomic E-state index is -1.01. The van der Waals surface area contributed by atoms with E-state index in [1.807, 2.05) is 46.4 Å². The van der Waals surface area contributed by atoms with Crippen LogP contribution in [-0.2, 0) is 28.8 Å². The molecule has 52 heavy (non-hydrogen) atoms. The molecule has 3 saturated heterocycles. The lowest BCUT2D eigenvalue weighted by molar-refractivity contribution is -0.148. The number of amides is 6. The Balaban J connectivity index is 1.75. The maximum Gasteiger partial charge on any atom is 0.246 e. The van der Waals surface area contributed by atoms with Crippen molar-refractivity contribution in [3.05, 3.63) is 0 Å². The van der Waals surface area contributed by atoms with Crippen LogP contribution < -0.4 is 16.4 Å². The number of nitrogens with one attached hydrogen (secondary N) is 2. The van der Waals surface area contributed by atoms with Gasteiger partial charge in [0.25, 0.3) is 0 Å². The number of primary amides is 1. The van der Waals surface area contributed by atoms with E-state index in [1.54, 1.807) is 0 Å². The molecule has 0 aliphatic carbocycles. The van der Waals surface area contributed by atoms with Crippen LogP contribution in [0.5, 0.6) is 0 Å². The van der Waals surface area contributed by atoms with Gasteiger partial charge in [-0.05, 0) is 81.5 Å². The average Bonchev–Trinajstić information content (AvgIpc) is 3.87. The molecule has 296 valence electrons. The highest BCUT2D eigenvalue weighted by Gasteiger charge is 2.44. The van der Waals surface area contributed by atoms with E-state index in [0.29, 0.717) is 70.5 Å². The van der Waals surface area contributed by atoms with Crippen molar-refractivity contribution in [2.24, 2.45) is 35.3 Å². The predicted octanol–water partition coefficient (Wildman–Crippen LogP) is 2.97. The molecule has 3 aliphatic rings. The van der Waals surface area contributed by atoms with Gasteiger partial charge in [-0.15, -0.1) is 0 Å². The minimum absolute atomic E-state index is 0.0894. The molecule has 3 fully saturated rings. The largest absolute Gasteiger partial charge is 0.392 e. The van der Waals surface area contributed by atoms with Crippen LogP contribution in [0.3, 0.4) is 0 Å². The third kappa shape index (κ3) is 11.1. The molecule has 3 aliphatic heterocycles. The van der Waals surface area contributed by atoms with Crippen molar-refractivity contribution in [3.63, 3.8) is 0 Å². The first-order chi connectivity index (χ1) is 24.5. The Morgan fingerprint density at radius 2 is 1.33 bits per heavy atom. The molecule has 3 rings (SSSR count). The Morgan fingerprint density at radius 3 is 1.90 bits per heavy atom. The highest BCUT2D eigenvalue weighted by atomic mass is 16.3. The molecule has 0 bridgehead atoms. The first-order valence-electron chi connectivity index (χ1n) is 20.0. The van der Waals surface area contributed by atoms with E-state index in [1.165, 1.54) is 9.80 Å². The van der Waals surface area contributed by atoms with E-state index < -0.39 is 53.9 Å². The summed E-state index contributed by atoms with van der Waals surface area (Å²) in [5.74, 6) is -2.94. The lowest BCUT2D eigenvalue weighted by Crippen LogP contribution is -2.60. The Hall–Kier alpha value is -3.22. The molecule has 0 aromatic rings. The van der Waals surface area contributed by atoms with Gasteiger partial charge < -0.3 is 36.2 Å². The third-order valence-corrected chi connectivity index (χ3v) is 11.4. The summed E-state index contributed by atoms with van der Waals surface area (Å²) in [7, 11) is 0. The highest BCUT2D eigenvalue weighted by Crippen LogP contribution is 2.29. The zero-order valence-electron chi connectivity index (χ0n) is 33.1. The summed E-state index contributed by atoms with van der Waals surface area (Å²) < 4.78 is 0. The maximum absolute atomic E-state index is 14.1. The normalized spacial score (nSPS) is 23.5. The molecule has 13 heteroatoms. The van der Waals surface area contributed by atoms with Crippen LogP contribution in [0.4, 0.5) is 0 Å². The van der Waals surface area contributed by atoms with Crippen LogP contribution in [0.1, 0.15) is 126 Å². The monoisotopic (exact) mass is 733 g/mol. The molecule has 0 aromatic carbocycles. The van der Waals surface area contributed by atoms with Crippen molar-refractivity contribution in [2.75, 3.05) is 19.6 Å². The van der Waals surface area contributed by atoms with Gasteiger partial charge in [-0.25, -0.2) is 0 Å². The Bertz CT molecular complexity index is 1260. The summed E-state index contributed by atoms with van der Waals surface area (Å²) in [6, 6.07) is -3.48. The molecule has 3 heterocycles. The molecule has 0 spiro atoms. The number of carbonyl (C=O) groups is 6. The summed E-state index contributed by atoms with van der Waals surface area (Å²) in [6.07, 6.45) is 5.40. The number of nitrogens with two attached hydrogens (primary N) is 1. The smallest absolute Gasteiger partial charge is 0.246 e. The van der Waals surface area contributed by atoms with Gasteiger partial charge in [0.15, 0.2) is 0 Å². The van der Waals surface area contributed by atoms with Crippen LogP contribution in [0, 0.1) is 29.6 Å². The van der Waals surface area contributed by atoms with Gasteiger partial charge in [0.05, 0.1) is 12.0 Å². The van der Waals surface area contributed by atoms with Crippen LogP contribution in [0.25, 0.3) is 0 Å². The molecule has 0 unspecified atom stereocenters. The Morgan fingerprint density at radius 1 is 0.750 bits per heavy atom. The second-order valence-electron chi connectivity index (χ2n) is 16.7. The molecule has 0 aromatic heterocycles. The summed E-state index contributed by atoms with van der Waals surface area (Å²) in [5, 5.41) is 17.4. The highest BCUT2D eigenvalue weighted by molar-refractivity contribution is 5.96. The number of hydrogen-bond donors (Lipinski definition) is 4. The molecular formula is C39H68N6O7. The Kier molecular flexibility index (Phi) is 16.4. The van der Waals surface area contributed by atoms with Crippen LogP contribution in [-0.4, -0.2) is 111 Å². The topological polar surface area (TPSA) is 182 Å². The zero-order valence-corrected chi connectivity index (χ0v) is 33.1. The summed E-state index contributed by atoms with van der Waals surface area (Å²) in [4.78, 5) is 85.7. The fourth-order valence-electron chi connectivity index (χ4n) is 8.06. The summed E-state index contributed by atoms with van der Waals surface area (Å²) >= 11 is 0. The number of carbonyl (C=O) groups excluding carboxylic acids is 6. The lowest BCUT2D eigenvalue weighted by atomic mass is 9.86. The van der Waals surface area contributed by atoms with Crippen molar-refractivity contribution in [1.82, 2.24) is 25.3 Å². The van der Waals surface area contributed by atoms with Gasteiger partial charge in [-0.3, -0.25) is 28.8 Å². The molecule has 8 atom stereocenters. The second-order valence-corrected chi connectivity index (χ2v) is 16.7. The van der Waals surface area contributed by atoms with Crippen molar-refractivity contribution < 1.29 is 33.9 Å². The van der Waals surface area contributed by atoms with Gasteiger partial charge in [0, 0.05) is 32.1 Å². The SMILES string of the molecule is CC[C@@H](C)[C@@H](NC(=O)[C@@H](CC(C)C)[C@H](O)C[C@H]1CCCN1C(=O)CCC(C)C)C(=O)N[C@@H](C(=O)N1CCC[C@@H]1C(=O)N1CCC[C@@H]1C(N)=O)C(C)C. The number of aliphatic hydroxyl groups is 1. The standard InChI is InChI=1S/C39H68N6O7/c1-9-26(8)34(42-36(49)28(21-24(4)5)31(46)22-27-13-10-18-43(27)32(47)17-16-23(2)3)37(50)41-33(25(6)7)39(52)45-20-12-15-30(45)38(51)44-19-11-14-29(44)35(40)48/h23-31,33-34,46H,9-22H2,1-8H3,(H2,40,48)(H,41,50)(H,42,49)/t26-,27-,28+,29-,30-,31-,33-,34-/m1/s1. The number of rotatable bonds is 18. The lowest BCUT2D eigenvalue weighted by Gasteiger charge is -2.35. The Labute approximate surface area is 311 Å². The molecule has 0 saturated carbocycles. The number of likely N-dealkylation sites (tertiary alicyclic amines) is 3. The zero-order chi connectivity index (χ0) is 38.9. The fourth-order valence-corrected chi connectivity index (χ4v) is 8.06. The average molecular weight is 733 g/mol. The van der Waals surface area contributed by atoms with E-state index in [4.69, 9.17) is 5.73 Å². The van der Waals surface area contributed by atoms with Crippen LogP contribution in [0.15, 0.2) is 0 Å². The quantitative estimate of drug-likeness (QED) is 0.167. The molecule has 5 N–H and O–H groups in total. The van der Waals surface area contributed by atoms with Gasteiger partial charge in [0.1, 0.15) is 24.2 Å². The molecular weight excluding hydrogens is 664 g/mol. The predicted molar refractivity (Wildman–Crippen MR) is 199 cm³/mol. The van der Waals surface area contributed by atoms with E-state index in [0.717, 1.165) is 19.3 Å².